The average Bonchev–Trinajstić information content (AvgIpc) is 2.98. The number of aliphatic carboxylic acids is 1. The van der Waals surface area contributed by atoms with Crippen LogP contribution in [0.1, 0.15) is 30.9 Å². The van der Waals surface area contributed by atoms with Gasteiger partial charge in [-0.1, -0.05) is 24.3 Å². The summed E-state index contributed by atoms with van der Waals surface area (Å²) < 4.78 is 0. The topological polar surface area (TPSA) is 53.4 Å². The fourth-order valence-electron chi connectivity index (χ4n) is 3.05. The van der Waals surface area contributed by atoms with E-state index in [2.05, 4.69) is 9.88 Å². The van der Waals surface area contributed by atoms with Crippen molar-refractivity contribution >= 4 is 16.9 Å². The number of hydrogen-bond acceptors (Lipinski definition) is 3. The Hall–Kier alpha value is -1.94. The second-order valence-electron chi connectivity index (χ2n) is 5.28. The van der Waals surface area contributed by atoms with Gasteiger partial charge >= 0.3 is 5.97 Å². The highest BCUT2D eigenvalue weighted by molar-refractivity contribution is 5.82. The summed E-state index contributed by atoms with van der Waals surface area (Å²) in [5.74, 6) is -0.755. The average molecular weight is 270 g/mol. The van der Waals surface area contributed by atoms with Gasteiger partial charge in [-0.3, -0.25) is 14.7 Å². The maximum absolute atomic E-state index is 11.2. The van der Waals surface area contributed by atoms with Crippen LogP contribution >= 0.6 is 0 Å². The molecule has 1 aliphatic heterocycles. The number of carboxylic acid groups (broad SMARTS) is 1. The Morgan fingerprint density at radius 2 is 2.00 bits per heavy atom. The van der Waals surface area contributed by atoms with Crippen LogP contribution < -0.4 is 0 Å². The molecule has 1 saturated heterocycles. The lowest BCUT2D eigenvalue weighted by molar-refractivity contribution is -0.138. The van der Waals surface area contributed by atoms with Gasteiger partial charge in [-0.05, 0) is 37.6 Å². The fourth-order valence-corrected chi connectivity index (χ4v) is 3.05. The number of para-hydroxylation sites is 1. The van der Waals surface area contributed by atoms with Crippen molar-refractivity contribution in [3.05, 3.63) is 42.1 Å². The van der Waals surface area contributed by atoms with Crippen molar-refractivity contribution in [2.45, 2.75) is 25.3 Å². The van der Waals surface area contributed by atoms with Crippen LogP contribution in [-0.2, 0) is 4.79 Å². The highest BCUT2D eigenvalue weighted by atomic mass is 16.4. The van der Waals surface area contributed by atoms with Crippen molar-refractivity contribution in [2.75, 3.05) is 13.1 Å². The van der Waals surface area contributed by atoms with Crippen molar-refractivity contribution in [1.82, 2.24) is 9.88 Å². The first-order valence-electron chi connectivity index (χ1n) is 7.05. The van der Waals surface area contributed by atoms with E-state index in [9.17, 15) is 9.90 Å². The number of benzene rings is 1. The van der Waals surface area contributed by atoms with E-state index in [4.69, 9.17) is 0 Å². The third-order valence-electron chi connectivity index (χ3n) is 3.97. The summed E-state index contributed by atoms with van der Waals surface area (Å²) >= 11 is 0. The van der Waals surface area contributed by atoms with Gasteiger partial charge in [0.25, 0.3) is 0 Å². The van der Waals surface area contributed by atoms with Crippen LogP contribution in [0.25, 0.3) is 10.9 Å². The summed E-state index contributed by atoms with van der Waals surface area (Å²) in [6, 6.07) is 9.88. The summed E-state index contributed by atoms with van der Waals surface area (Å²) in [6.07, 6.45) is 4.20. The maximum Gasteiger partial charge on any atom is 0.305 e. The van der Waals surface area contributed by atoms with Gasteiger partial charge < -0.3 is 5.11 Å². The van der Waals surface area contributed by atoms with E-state index in [1.54, 1.807) is 6.20 Å². The molecule has 4 nitrogen and oxygen atoms in total. The summed E-state index contributed by atoms with van der Waals surface area (Å²) in [6.45, 7) is 1.95. The number of likely N-dealkylation sites (tertiary alicyclic amines) is 1. The number of carbonyl (C=O) groups is 1. The van der Waals surface area contributed by atoms with E-state index in [-0.39, 0.29) is 12.5 Å². The van der Waals surface area contributed by atoms with Gasteiger partial charge in [-0.25, -0.2) is 0 Å². The van der Waals surface area contributed by atoms with Gasteiger partial charge in [0.05, 0.1) is 11.9 Å². The zero-order valence-electron chi connectivity index (χ0n) is 11.3. The Morgan fingerprint density at radius 1 is 1.25 bits per heavy atom. The molecule has 0 amide bonds. The second-order valence-corrected chi connectivity index (χ2v) is 5.28. The van der Waals surface area contributed by atoms with E-state index in [1.165, 1.54) is 0 Å². The monoisotopic (exact) mass is 270 g/mol. The van der Waals surface area contributed by atoms with Crippen molar-refractivity contribution in [2.24, 2.45) is 0 Å². The zero-order chi connectivity index (χ0) is 13.9. The van der Waals surface area contributed by atoms with Crippen LogP contribution in [0.5, 0.6) is 0 Å². The molecule has 2 aromatic rings. The fraction of sp³-hybridized carbons (Fsp3) is 0.375. The van der Waals surface area contributed by atoms with E-state index >= 15 is 0 Å². The van der Waals surface area contributed by atoms with Crippen LogP contribution in [-0.4, -0.2) is 34.0 Å². The molecule has 3 rings (SSSR count). The molecule has 0 saturated carbocycles. The Labute approximate surface area is 118 Å². The Morgan fingerprint density at radius 3 is 2.75 bits per heavy atom. The number of nitrogens with zero attached hydrogens (tertiary/aromatic N) is 2. The van der Waals surface area contributed by atoms with E-state index in [1.807, 2.05) is 30.3 Å². The molecule has 1 aromatic heterocycles. The first kappa shape index (κ1) is 13.1. The Bertz CT molecular complexity index is 615. The second kappa shape index (κ2) is 5.59. The van der Waals surface area contributed by atoms with Crippen LogP contribution in [0.2, 0.25) is 0 Å². The minimum Gasteiger partial charge on any atom is -0.481 e. The molecule has 1 aromatic carbocycles. The summed E-state index contributed by atoms with van der Waals surface area (Å²) in [7, 11) is 0. The lowest BCUT2D eigenvalue weighted by Gasteiger charge is -2.27. The molecule has 0 aliphatic carbocycles. The van der Waals surface area contributed by atoms with Crippen molar-refractivity contribution in [3.8, 4) is 0 Å². The number of aromatic nitrogens is 1. The van der Waals surface area contributed by atoms with Crippen molar-refractivity contribution < 1.29 is 9.90 Å². The van der Waals surface area contributed by atoms with Crippen LogP contribution in [0.4, 0.5) is 0 Å². The number of carboxylic acids is 1. The van der Waals surface area contributed by atoms with Crippen molar-refractivity contribution in [1.29, 1.82) is 0 Å². The van der Waals surface area contributed by atoms with E-state index < -0.39 is 5.97 Å². The third-order valence-corrected chi connectivity index (χ3v) is 3.97. The molecule has 0 bridgehead atoms. The SMILES string of the molecule is O=C(O)CC(c1cccc2cccnc12)N1CCCC1. The third kappa shape index (κ3) is 2.51. The first-order valence-corrected chi connectivity index (χ1v) is 7.05. The molecule has 20 heavy (non-hydrogen) atoms. The lowest BCUT2D eigenvalue weighted by atomic mass is 9.99. The number of pyridine rings is 1. The van der Waals surface area contributed by atoms with Gasteiger partial charge in [0.1, 0.15) is 0 Å². The zero-order valence-corrected chi connectivity index (χ0v) is 11.3. The maximum atomic E-state index is 11.2. The molecule has 2 heterocycles. The van der Waals surface area contributed by atoms with Gasteiger partial charge in [0, 0.05) is 17.6 Å². The normalized spacial score (nSPS) is 17.4. The summed E-state index contributed by atoms with van der Waals surface area (Å²) in [5, 5.41) is 10.3. The minimum atomic E-state index is -0.755. The largest absolute Gasteiger partial charge is 0.481 e. The molecular weight excluding hydrogens is 252 g/mol. The highest BCUT2D eigenvalue weighted by Crippen LogP contribution is 2.31. The molecule has 1 fully saturated rings. The molecule has 0 spiro atoms. The standard InChI is InChI=1S/C16H18N2O2/c19-15(20)11-14(18-9-1-2-10-18)13-7-3-5-12-6-4-8-17-16(12)13/h3-8,14H,1-2,9-11H2,(H,19,20). The van der Waals surface area contributed by atoms with Crippen LogP contribution in [0.15, 0.2) is 36.5 Å². The van der Waals surface area contributed by atoms with Crippen LogP contribution in [0, 0.1) is 0 Å². The van der Waals surface area contributed by atoms with Gasteiger partial charge in [0.2, 0.25) is 0 Å². The van der Waals surface area contributed by atoms with Crippen molar-refractivity contribution in [3.63, 3.8) is 0 Å². The highest BCUT2D eigenvalue weighted by Gasteiger charge is 2.27. The predicted octanol–water partition coefficient (Wildman–Crippen LogP) is 2.85. The minimum absolute atomic E-state index is 0.0754. The molecule has 1 atom stereocenters. The first-order chi connectivity index (χ1) is 9.75. The number of rotatable bonds is 4. The quantitative estimate of drug-likeness (QED) is 0.928. The van der Waals surface area contributed by atoms with Gasteiger partial charge in [-0.2, -0.15) is 0 Å². The number of fused-ring (bicyclic) bond motifs is 1. The lowest BCUT2D eigenvalue weighted by Crippen LogP contribution is -2.28. The predicted molar refractivity (Wildman–Crippen MR) is 77.5 cm³/mol. The number of hydrogen-bond donors (Lipinski definition) is 1. The molecular formula is C16H18N2O2. The molecule has 1 N–H and O–H groups in total. The van der Waals surface area contributed by atoms with E-state index in [0.717, 1.165) is 42.4 Å². The Kier molecular flexibility index (Phi) is 3.65. The van der Waals surface area contributed by atoms with E-state index in [0.29, 0.717) is 0 Å². The molecule has 0 radical (unpaired) electrons. The molecule has 4 heteroatoms. The summed E-state index contributed by atoms with van der Waals surface area (Å²) in [4.78, 5) is 18.0. The Balaban J connectivity index is 2.05. The molecule has 1 aliphatic rings. The summed E-state index contributed by atoms with van der Waals surface area (Å²) in [5.41, 5.74) is 1.96. The van der Waals surface area contributed by atoms with Gasteiger partial charge in [0.15, 0.2) is 0 Å². The smallest absolute Gasteiger partial charge is 0.305 e. The van der Waals surface area contributed by atoms with Gasteiger partial charge in [-0.15, -0.1) is 0 Å². The van der Waals surface area contributed by atoms with Crippen LogP contribution in [0.3, 0.4) is 0 Å². The molecule has 104 valence electrons. The molecule has 1 unspecified atom stereocenters.